The van der Waals surface area contributed by atoms with Crippen molar-refractivity contribution in [3.63, 3.8) is 0 Å². The number of hydrogen-bond acceptors (Lipinski definition) is 2. The first kappa shape index (κ1) is 13.0. The van der Waals surface area contributed by atoms with E-state index in [1.807, 2.05) is 0 Å². The number of alkyl halides is 2. The molecule has 0 bridgehead atoms. The van der Waals surface area contributed by atoms with Crippen molar-refractivity contribution in [2.45, 2.75) is 31.9 Å². The molecule has 20 heavy (non-hydrogen) atoms. The van der Waals surface area contributed by atoms with Gasteiger partial charge in [0.1, 0.15) is 17.7 Å². The Labute approximate surface area is 114 Å². The normalized spacial score (nSPS) is 21.6. The molecule has 1 aliphatic heterocycles. The molecular formula is C14H14F3N3. The number of nitrogens with zero attached hydrogens (tertiary/aromatic N) is 2. The second kappa shape index (κ2) is 4.85. The van der Waals surface area contributed by atoms with Gasteiger partial charge in [-0.3, -0.25) is 0 Å². The van der Waals surface area contributed by atoms with Crippen molar-refractivity contribution in [3.05, 3.63) is 47.4 Å². The van der Waals surface area contributed by atoms with E-state index in [9.17, 15) is 13.2 Å². The van der Waals surface area contributed by atoms with Crippen molar-refractivity contribution in [2.75, 3.05) is 5.32 Å². The largest absolute Gasteiger partial charge is 0.363 e. The van der Waals surface area contributed by atoms with Crippen molar-refractivity contribution in [1.29, 1.82) is 0 Å². The van der Waals surface area contributed by atoms with Crippen LogP contribution in [0.25, 0.3) is 0 Å². The van der Waals surface area contributed by atoms with Gasteiger partial charge in [0.15, 0.2) is 0 Å². The lowest BCUT2D eigenvalue weighted by Crippen LogP contribution is -2.30. The van der Waals surface area contributed by atoms with Gasteiger partial charge in [0.2, 0.25) is 0 Å². The van der Waals surface area contributed by atoms with Gasteiger partial charge in [-0.25, -0.2) is 17.9 Å². The van der Waals surface area contributed by atoms with Crippen LogP contribution in [0.1, 0.15) is 29.8 Å². The quantitative estimate of drug-likeness (QED) is 0.909. The van der Waals surface area contributed by atoms with Crippen LogP contribution in [0.4, 0.5) is 19.0 Å². The minimum Gasteiger partial charge on any atom is -0.363 e. The molecule has 2 heterocycles. The van der Waals surface area contributed by atoms with Crippen molar-refractivity contribution in [2.24, 2.45) is 0 Å². The lowest BCUT2D eigenvalue weighted by Gasteiger charge is -2.32. The summed E-state index contributed by atoms with van der Waals surface area (Å²) < 4.78 is 40.7. The van der Waals surface area contributed by atoms with Crippen LogP contribution in [-0.4, -0.2) is 16.2 Å². The molecule has 106 valence electrons. The highest BCUT2D eigenvalue weighted by molar-refractivity contribution is 5.43. The van der Waals surface area contributed by atoms with Gasteiger partial charge < -0.3 is 5.32 Å². The monoisotopic (exact) mass is 281 g/mol. The fraction of sp³-hybridized carbons (Fsp3) is 0.357. The van der Waals surface area contributed by atoms with E-state index >= 15 is 0 Å². The summed E-state index contributed by atoms with van der Waals surface area (Å²) >= 11 is 0. The molecule has 6 heteroatoms. The van der Waals surface area contributed by atoms with Crippen LogP contribution < -0.4 is 5.32 Å². The van der Waals surface area contributed by atoms with Crippen molar-refractivity contribution in [3.8, 4) is 0 Å². The minimum absolute atomic E-state index is 0.220. The van der Waals surface area contributed by atoms with Gasteiger partial charge in [0, 0.05) is 6.07 Å². The van der Waals surface area contributed by atoms with Gasteiger partial charge in [0.25, 0.3) is 6.43 Å². The van der Waals surface area contributed by atoms with E-state index in [1.165, 1.54) is 16.8 Å². The average Bonchev–Trinajstić information content (AvgIpc) is 2.78. The number of anilines is 1. The maximum absolute atomic E-state index is 13.2. The Hall–Kier alpha value is -1.98. The predicted molar refractivity (Wildman–Crippen MR) is 69.4 cm³/mol. The molecule has 2 unspecified atom stereocenters. The Bertz CT molecular complexity index is 607. The summed E-state index contributed by atoms with van der Waals surface area (Å²) in [6, 6.07) is 6.43. The zero-order valence-electron chi connectivity index (χ0n) is 10.9. The van der Waals surface area contributed by atoms with Gasteiger partial charge in [-0.1, -0.05) is 12.1 Å². The van der Waals surface area contributed by atoms with Gasteiger partial charge in [-0.2, -0.15) is 5.10 Å². The SMILES string of the molecule is Cc1cc2n(n1)C(C(F)F)CC(c1ccc(F)cc1)N2. The molecule has 2 aromatic rings. The van der Waals surface area contributed by atoms with Gasteiger partial charge >= 0.3 is 0 Å². The first-order valence-electron chi connectivity index (χ1n) is 6.41. The maximum Gasteiger partial charge on any atom is 0.260 e. The standard InChI is InChI=1S/C14H14F3N3/c1-8-6-13-18-11(9-2-4-10(15)5-3-9)7-12(14(16)17)20(13)19-8/h2-6,11-12,14,18H,7H2,1H3. The molecule has 3 rings (SSSR count). The summed E-state index contributed by atoms with van der Waals surface area (Å²) in [5.41, 5.74) is 1.49. The molecule has 1 N–H and O–H groups in total. The summed E-state index contributed by atoms with van der Waals surface area (Å²) in [5.74, 6) is 0.240. The molecule has 0 saturated heterocycles. The highest BCUT2D eigenvalue weighted by Gasteiger charge is 2.34. The Morgan fingerprint density at radius 1 is 1.30 bits per heavy atom. The summed E-state index contributed by atoms with van der Waals surface area (Å²) in [4.78, 5) is 0. The molecule has 1 aromatic carbocycles. The van der Waals surface area contributed by atoms with Crippen LogP contribution in [0.3, 0.4) is 0 Å². The molecule has 0 spiro atoms. The van der Waals surface area contributed by atoms with E-state index in [0.717, 1.165) is 5.56 Å². The zero-order valence-corrected chi connectivity index (χ0v) is 10.9. The summed E-state index contributed by atoms with van der Waals surface area (Å²) in [5, 5.41) is 7.29. The smallest absolute Gasteiger partial charge is 0.260 e. The first-order chi connectivity index (χ1) is 9.54. The second-order valence-corrected chi connectivity index (χ2v) is 5.00. The molecule has 2 atom stereocenters. The topological polar surface area (TPSA) is 29.9 Å². The summed E-state index contributed by atoms with van der Waals surface area (Å²) in [7, 11) is 0. The van der Waals surface area contributed by atoms with Crippen LogP contribution in [-0.2, 0) is 0 Å². The number of aromatic nitrogens is 2. The third-order valence-electron chi connectivity index (χ3n) is 3.53. The molecule has 0 amide bonds. The molecule has 0 saturated carbocycles. The Balaban J connectivity index is 1.95. The van der Waals surface area contributed by atoms with Crippen molar-refractivity contribution >= 4 is 5.82 Å². The number of fused-ring (bicyclic) bond motifs is 1. The van der Waals surface area contributed by atoms with Crippen LogP contribution in [0.5, 0.6) is 0 Å². The molecule has 1 aromatic heterocycles. The number of aryl methyl sites for hydroxylation is 1. The van der Waals surface area contributed by atoms with E-state index in [-0.39, 0.29) is 18.3 Å². The Kier molecular flexibility index (Phi) is 3.16. The van der Waals surface area contributed by atoms with E-state index in [1.54, 1.807) is 25.1 Å². The maximum atomic E-state index is 13.2. The third-order valence-corrected chi connectivity index (χ3v) is 3.53. The lowest BCUT2D eigenvalue weighted by atomic mass is 9.97. The highest BCUT2D eigenvalue weighted by atomic mass is 19.3. The second-order valence-electron chi connectivity index (χ2n) is 5.00. The minimum atomic E-state index is -2.49. The van der Waals surface area contributed by atoms with E-state index in [0.29, 0.717) is 11.5 Å². The molecular weight excluding hydrogens is 267 g/mol. The van der Waals surface area contributed by atoms with E-state index in [2.05, 4.69) is 10.4 Å². The van der Waals surface area contributed by atoms with Crippen LogP contribution in [0.15, 0.2) is 30.3 Å². The molecule has 1 aliphatic rings. The molecule has 0 aliphatic carbocycles. The number of benzene rings is 1. The fourth-order valence-corrected chi connectivity index (χ4v) is 2.58. The first-order valence-corrected chi connectivity index (χ1v) is 6.41. The Morgan fingerprint density at radius 2 is 2.00 bits per heavy atom. The summed E-state index contributed by atoms with van der Waals surface area (Å²) in [6.45, 7) is 1.77. The number of halogens is 3. The molecule has 0 radical (unpaired) electrons. The highest BCUT2D eigenvalue weighted by Crippen LogP contribution is 2.38. The van der Waals surface area contributed by atoms with Crippen LogP contribution in [0.2, 0.25) is 0 Å². The number of hydrogen-bond donors (Lipinski definition) is 1. The lowest BCUT2D eigenvalue weighted by molar-refractivity contribution is 0.0657. The molecule has 3 nitrogen and oxygen atoms in total. The van der Waals surface area contributed by atoms with Gasteiger partial charge in [0.05, 0.1) is 11.7 Å². The summed E-state index contributed by atoms with van der Waals surface area (Å²) in [6.07, 6.45) is -2.27. The van der Waals surface area contributed by atoms with Gasteiger partial charge in [-0.05, 0) is 31.0 Å². The number of nitrogens with one attached hydrogen (secondary N) is 1. The average molecular weight is 281 g/mol. The number of rotatable bonds is 2. The Morgan fingerprint density at radius 3 is 2.65 bits per heavy atom. The predicted octanol–water partition coefficient (Wildman–Crippen LogP) is 3.69. The van der Waals surface area contributed by atoms with Crippen LogP contribution in [0, 0.1) is 12.7 Å². The third kappa shape index (κ3) is 2.26. The van der Waals surface area contributed by atoms with Gasteiger partial charge in [-0.15, -0.1) is 0 Å². The fourth-order valence-electron chi connectivity index (χ4n) is 2.58. The van der Waals surface area contributed by atoms with Crippen LogP contribution >= 0.6 is 0 Å². The van der Waals surface area contributed by atoms with Crippen molar-refractivity contribution < 1.29 is 13.2 Å². The van der Waals surface area contributed by atoms with Crippen molar-refractivity contribution in [1.82, 2.24) is 9.78 Å². The zero-order chi connectivity index (χ0) is 14.3. The van der Waals surface area contributed by atoms with E-state index in [4.69, 9.17) is 0 Å². The molecule has 0 fully saturated rings. The van der Waals surface area contributed by atoms with E-state index < -0.39 is 12.5 Å².